The van der Waals surface area contributed by atoms with Gasteiger partial charge in [0, 0.05) is 74.3 Å². The van der Waals surface area contributed by atoms with Gasteiger partial charge >= 0.3 is 6.18 Å². The van der Waals surface area contributed by atoms with Crippen LogP contribution in [0.25, 0.3) is 11.0 Å². The molecule has 2 aliphatic heterocycles. The highest BCUT2D eigenvalue weighted by Gasteiger charge is 2.31. The van der Waals surface area contributed by atoms with Crippen molar-refractivity contribution < 1.29 is 27.1 Å². The number of furan rings is 1. The van der Waals surface area contributed by atoms with Gasteiger partial charge in [-0.15, -0.1) is 0 Å². The summed E-state index contributed by atoms with van der Waals surface area (Å²) in [6, 6.07) is 20.8. The van der Waals surface area contributed by atoms with E-state index in [0.717, 1.165) is 79.7 Å². The number of nitrogens with one attached hydrogen (secondary N) is 1. The minimum absolute atomic E-state index is 0.0359. The first-order chi connectivity index (χ1) is 21.7. The summed E-state index contributed by atoms with van der Waals surface area (Å²) in [6.45, 7) is 5.61. The molecule has 0 saturated carbocycles. The van der Waals surface area contributed by atoms with Crippen molar-refractivity contribution in [3.05, 3.63) is 94.7 Å². The minimum atomic E-state index is -4.34. The highest BCUT2D eigenvalue weighted by Crippen LogP contribution is 2.33. The van der Waals surface area contributed by atoms with Gasteiger partial charge in [0.2, 0.25) is 0 Å². The van der Waals surface area contributed by atoms with E-state index in [-0.39, 0.29) is 18.1 Å². The normalized spacial score (nSPS) is 16.9. The van der Waals surface area contributed by atoms with Gasteiger partial charge in [-0.3, -0.25) is 9.69 Å². The number of carbonyl (C=O) groups is 1. The Bertz CT molecular complexity index is 1690. The Morgan fingerprint density at radius 2 is 1.71 bits per heavy atom. The summed E-state index contributed by atoms with van der Waals surface area (Å²) >= 11 is 0. The number of halogens is 3. The summed E-state index contributed by atoms with van der Waals surface area (Å²) in [7, 11) is 0. The van der Waals surface area contributed by atoms with Crippen molar-refractivity contribution in [3.8, 4) is 11.8 Å². The van der Waals surface area contributed by atoms with Crippen LogP contribution in [-0.2, 0) is 12.7 Å². The van der Waals surface area contributed by atoms with Gasteiger partial charge in [0.25, 0.3) is 5.91 Å². The predicted octanol–water partition coefficient (Wildman–Crippen LogP) is 7.07. The number of fused-ring (bicyclic) bond motifs is 1. The van der Waals surface area contributed by atoms with Crippen molar-refractivity contribution in [2.45, 2.75) is 57.5 Å². The standard InChI is InChI=1S/C35H35F3N4O3/c1-23-31-11-10-30(44-29-14-18-42(19-15-29)28-8-6-26(7-9-28)35(36,37)38)20-32(31)45-33(23)34(43)40-27-12-16-41(17-13-27)22-25-5-3-2-4-24(25)21-39/h2-11,20,27,29H,12-19,22H2,1H3,(H,40,43). The predicted molar refractivity (Wildman–Crippen MR) is 165 cm³/mol. The van der Waals surface area contributed by atoms with Gasteiger partial charge in [-0.25, -0.2) is 0 Å². The Morgan fingerprint density at radius 3 is 2.40 bits per heavy atom. The maximum absolute atomic E-state index is 13.2. The summed E-state index contributed by atoms with van der Waals surface area (Å²) in [6.07, 6.45) is -1.29. The molecule has 1 aromatic heterocycles. The van der Waals surface area contributed by atoms with Crippen LogP contribution in [0.3, 0.4) is 0 Å². The third kappa shape index (κ3) is 6.94. The lowest BCUT2D eigenvalue weighted by molar-refractivity contribution is -0.137. The number of ether oxygens (including phenoxy) is 1. The number of carbonyl (C=O) groups excluding carboxylic acids is 1. The third-order valence-corrected chi connectivity index (χ3v) is 8.88. The SMILES string of the molecule is Cc1c(C(=O)NC2CCN(Cc3ccccc3C#N)CC2)oc2cc(OC3CCN(c4ccc(C(F)(F)F)cc4)CC3)ccc12. The number of piperidine rings is 2. The molecule has 1 N–H and O–H groups in total. The molecule has 2 fully saturated rings. The van der Waals surface area contributed by atoms with Crippen LogP contribution in [0.4, 0.5) is 18.9 Å². The van der Waals surface area contributed by atoms with E-state index >= 15 is 0 Å². The smallest absolute Gasteiger partial charge is 0.416 e. The van der Waals surface area contributed by atoms with Crippen molar-refractivity contribution in [3.63, 3.8) is 0 Å². The molecule has 45 heavy (non-hydrogen) atoms. The van der Waals surface area contributed by atoms with E-state index in [9.17, 15) is 23.2 Å². The molecule has 234 valence electrons. The van der Waals surface area contributed by atoms with E-state index in [0.29, 0.717) is 35.7 Å². The number of anilines is 1. The van der Waals surface area contributed by atoms with Crippen LogP contribution in [0.2, 0.25) is 0 Å². The van der Waals surface area contributed by atoms with Gasteiger partial charge in [-0.05, 0) is 67.8 Å². The monoisotopic (exact) mass is 616 g/mol. The largest absolute Gasteiger partial charge is 0.490 e. The molecule has 2 aliphatic rings. The molecule has 6 rings (SSSR count). The zero-order chi connectivity index (χ0) is 31.6. The minimum Gasteiger partial charge on any atom is -0.490 e. The molecular weight excluding hydrogens is 581 g/mol. The van der Waals surface area contributed by atoms with Crippen LogP contribution in [0, 0.1) is 18.3 Å². The summed E-state index contributed by atoms with van der Waals surface area (Å²) in [5, 5.41) is 13.4. The highest BCUT2D eigenvalue weighted by molar-refractivity contribution is 5.99. The van der Waals surface area contributed by atoms with Gasteiger partial charge < -0.3 is 19.4 Å². The molecule has 3 heterocycles. The lowest BCUT2D eigenvalue weighted by Crippen LogP contribution is -2.44. The van der Waals surface area contributed by atoms with Gasteiger partial charge in [0.1, 0.15) is 17.4 Å². The van der Waals surface area contributed by atoms with E-state index in [4.69, 9.17) is 9.15 Å². The molecular formula is C35H35F3N4O3. The van der Waals surface area contributed by atoms with E-state index in [1.54, 1.807) is 0 Å². The van der Waals surface area contributed by atoms with E-state index < -0.39 is 11.7 Å². The van der Waals surface area contributed by atoms with Crippen LogP contribution in [-0.4, -0.2) is 49.1 Å². The van der Waals surface area contributed by atoms with E-state index in [1.165, 1.54) is 12.1 Å². The first-order valence-electron chi connectivity index (χ1n) is 15.3. The second kappa shape index (κ2) is 12.9. The van der Waals surface area contributed by atoms with Crippen LogP contribution < -0.4 is 15.0 Å². The zero-order valence-corrected chi connectivity index (χ0v) is 25.1. The summed E-state index contributed by atoms with van der Waals surface area (Å²) in [4.78, 5) is 17.6. The van der Waals surface area contributed by atoms with Crippen LogP contribution in [0.1, 0.15) is 58.5 Å². The van der Waals surface area contributed by atoms with Crippen molar-refractivity contribution in [1.29, 1.82) is 5.26 Å². The molecule has 4 aromatic rings. The Kier molecular flexibility index (Phi) is 8.72. The number of rotatable bonds is 7. The molecule has 0 atom stereocenters. The van der Waals surface area contributed by atoms with Crippen LogP contribution >= 0.6 is 0 Å². The van der Waals surface area contributed by atoms with Gasteiger partial charge in [-0.2, -0.15) is 18.4 Å². The maximum Gasteiger partial charge on any atom is 0.416 e. The number of benzene rings is 3. The number of amides is 1. The second-order valence-corrected chi connectivity index (χ2v) is 11.9. The number of hydrogen-bond donors (Lipinski definition) is 1. The molecule has 7 nitrogen and oxygen atoms in total. The van der Waals surface area contributed by atoms with Gasteiger partial charge in [-0.1, -0.05) is 18.2 Å². The number of nitrogens with zero attached hydrogens (tertiary/aromatic N) is 3. The fourth-order valence-electron chi connectivity index (χ4n) is 6.28. The zero-order valence-electron chi connectivity index (χ0n) is 25.1. The van der Waals surface area contributed by atoms with Crippen molar-refractivity contribution in [2.24, 2.45) is 0 Å². The Balaban J connectivity index is 1.01. The number of alkyl halides is 3. The fraction of sp³-hybridized carbons (Fsp3) is 0.371. The van der Waals surface area contributed by atoms with Crippen LogP contribution in [0.15, 0.2) is 71.1 Å². The number of hydrogen-bond acceptors (Lipinski definition) is 6. The first kappa shape index (κ1) is 30.5. The molecule has 2 saturated heterocycles. The average molecular weight is 617 g/mol. The quantitative estimate of drug-likeness (QED) is 0.239. The van der Waals surface area contributed by atoms with E-state index in [1.807, 2.05) is 49.4 Å². The Labute approximate surface area is 260 Å². The Morgan fingerprint density at radius 1 is 1.00 bits per heavy atom. The van der Waals surface area contributed by atoms with E-state index in [2.05, 4.69) is 21.2 Å². The summed E-state index contributed by atoms with van der Waals surface area (Å²) < 4.78 is 51.0. The fourth-order valence-corrected chi connectivity index (χ4v) is 6.28. The maximum atomic E-state index is 13.2. The average Bonchev–Trinajstić information content (AvgIpc) is 3.37. The topological polar surface area (TPSA) is 81.7 Å². The molecule has 0 aliphatic carbocycles. The molecule has 0 unspecified atom stereocenters. The summed E-state index contributed by atoms with van der Waals surface area (Å²) in [5.74, 6) is 0.731. The first-order valence-corrected chi connectivity index (χ1v) is 15.3. The lowest BCUT2D eigenvalue weighted by atomic mass is 10.0. The number of likely N-dealkylation sites (tertiary alicyclic amines) is 1. The lowest BCUT2D eigenvalue weighted by Gasteiger charge is -2.33. The van der Waals surface area contributed by atoms with Gasteiger partial charge in [0.05, 0.1) is 17.2 Å². The highest BCUT2D eigenvalue weighted by atomic mass is 19.4. The molecule has 0 radical (unpaired) electrons. The second-order valence-electron chi connectivity index (χ2n) is 11.9. The number of aryl methyl sites for hydroxylation is 1. The molecule has 10 heteroatoms. The molecule has 1 amide bonds. The van der Waals surface area contributed by atoms with Crippen molar-refractivity contribution in [2.75, 3.05) is 31.1 Å². The number of nitriles is 1. The Hall–Kier alpha value is -4.49. The van der Waals surface area contributed by atoms with Crippen molar-refractivity contribution in [1.82, 2.24) is 10.2 Å². The van der Waals surface area contributed by atoms with Crippen molar-refractivity contribution >= 4 is 22.6 Å². The third-order valence-electron chi connectivity index (χ3n) is 8.88. The van der Waals surface area contributed by atoms with Crippen LogP contribution in [0.5, 0.6) is 5.75 Å². The molecule has 0 spiro atoms. The molecule has 0 bridgehead atoms. The summed E-state index contributed by atoms with van der Waals surface area (Å²) in [5.41, 5.74) is 3.21. The van der Waals surface area contributed by atoms with Gasteiger partial charge in [0.15, 0.2) is 5.76 Å². The molecule has 3 aromatic carbocycles.